The molecule has 0 atom stereocenters. The van der Waals surface area contributed by atoms with Crippen molar-refractivity contribution in [2.24, 2.45) is 0 Å². The lowest BCUT2D eigenvalue weighted by Gasteiger charge is -2.34. The molecule has 41 heavy (non-hydrogen) atoms. The lowest BCUT2D eigenvalue weighted by molar-refractivity contribution is -0.138. The molecule has 5 rings (SSSR count). The average Bonchev–Trinajstić information content (AvgIpc) is 3.39. The summed E-state index contributed by atoms with van der Waals surface area (Å²) in [6.45, 7) is 7.93. The molecule has 214 valence electrons. The third-order valence-electron chi connectivity index (χ3n) is 7.28. The number of likely N-dealkylation sites (N-methyl/N-ethyl adjacent to an activating group) is 1. The molecule has 9 nitrogen and oxygen atoms in total. The Morgan fingerprint density at radius 2 is 1.73 bits per heavy atom. The van der Waals surface area contributed by atoms with Crippen LogP contribution in [0.3, 0.4) is 0 Å². The highest BCUT2D eigenvalue weighted by molar-refractivity contribution is 6.11. The molecule has 0 saturated carbocycles. The fraction of sp³-hybridized carbons (Fsp3) is 0.310. The first-order valence-electron chi connectivity index (χ1n) is 13.3. The number of H-pyrrole nitrogens is 1. The zero-order chi connectivity index (χ0) is 29.1. The molecule has 1 saturated heterocycles. The number of fused-ring (bicyclic) bond motifs is 1. The number of hydrogen-bond donors (Lipinski definition) is 3. The van der Waals surface area contributed by atoms with E-state index >= 15 is 0 Å². The summed E-state index contributed by atoms with van der Waals surface area (Å²) in [5.41, 5.74) is 1.31. The first kappa shape index (κ1) is 28.2. The van der Waals surface area contributed by atoms with E-state index in [9.17, 15) is 22.8 Å². The molecule has 2 aromatic carbocycles. The van der Waals surface area contributed by atoms with Crippen LogP contribution in [0.1, 0.15) is 44.5 Å². The number of pyridine rings is 1. The molecular weight excluding hydrogens is 535 g/mol. The zero-order valence-electron chi connectivity index (χ0n) is 22.7. The Bertz CT molecular complexity index is 1580. The number of aromatic nitrogens is 3. The Hall–Kier alpha value is -4.29. The smallest absolute Gasteiger partial charge is 0.322 e. The number of alkyl halides is 3. The third kappa shape index (κ3) is 6.39. The highest BCUT2D eigenvalue weighted by Crippen LogP contribution is 2.34. The Morgan fingerprint density at radius 1 is 0.976 bits per heavy atom. The number of hydrogen-bond acceptors (Lipinski definition) is 6. The van der Waals surface area contributed by atoms with Gasteiger partial charge in [-0.3, -0.25) is 19.6 Å². The van der Waals surface area contributed by atoms with Crippen molar-refractivity contribution in [3.63, 3.8) is 0 Å². The third-order valence-corrected chi connectivity index (χ3v) is 7.28. The maximum Gasteiger partial charge on any atom is 0.416 e. The highest BCUT2D eigenvalue weighted by Gasteiger charge is 2.34. The molecule has 0 aliphatic carbocycles. The minimum atomic E-state index is -4.61. The van der Waals surface area contributed by atoms with E-state index in [-0.39, 0.29) is 23.4 Å². The van der Waals surface area contributed by atoms with E-state index in [1.165, 1.54) is 12.1 Å². The topological polar surface area (TPSA) is 106 Å². The fourth-order valence-electron chi connectivity index (χ4n) is 4.87. The van der Waals surface area contributed by atoms with Gasteiger partial charge in [0.15, 0.2) is 5.65 Å². The first-order valence-corrected chi connectivity index (χ1v) is 13.3. The maximum absolute atomic E-state index is 14.0. The average molecular weight is 566 g/mol. The molecule has 1 aliphatic rings. The van der Waals surface area contributed by atoms with Crippen LogP contribution in [0.25, 0.3) is 11.0 Å². The van der Waals surface area contributed by atoms with Gasteiger partial charge in [-0.2, -0.15) is 18.3 Å². The minimum Gasteiger partial charge on any atom is -0.322 e. The van der Waals surface area contributed by atoms with Gasteiger partial charge in [0, 0.05) is 55.9 Å². The quantitative estimate of drug-likeness (QED) is 0.294. The number of carbonyl (C=O) groups excluding carboxylic acids is 2. The van der Waals surface area contributed by atoms with E-state index < -0.39 is 23.6 Å². The standard InChI is InChI=1S/C29H30F3N7O2/c1-3-38-11-13-39(14-12-38)17-20-8-7-19(15-23(20)29(30,31)32)27(40)34-21-9-6-18(2)24(16-21)35-28(41)25-22-5-4-10-33-26(22)37-36-25/h4-10,15-16H,3,11-14,17H2,1-2H3,(H,34,40)(H,35,41)(H,33,36,37). The first-order chi connectivity index (χ1) is 19.6. The second kappa shape index (κ2) is 11.7. The number of nitrogens with zero attached hydrogens (tertiary/aromatic N) is 4. The van der Waals surface area contributed by atoms with Gasteiger partial charge in [0.1, 0.15) is 5.69 Å². The van der Waals surface area contributed by atoms with Gasteiger partial charge in [0.05, 0.1) is 10.9 Å². The Labute approximate surface area is 234 Å². The van der Waals surface area contributed by atoms with Crippen molar-refractivity contribution in [1.82, 2.24) is 25.0 Å². The summed E-state index contributed by atoms with van der Waals surface area (Å²) in [4.78, 5) is 34.3. The van der Waals surface area contributed by atoms with Gasteiger partial charge in [0.2, 0.25) is 0 Å². The van der Waals surface area contributed by atoms with Crippen molar-refractivity contribution >= 4 is 34.2 Å². The molecule has 3 heterocycles. The van der Waals surface area contributed by atoms with Gasteiger partial charge in [0.25, 0.3) is 11.8 Å². The summed E-state index contributed by atoms with van der Waals surface area (Å²) in [6, 6.07) is 12.0. The summed E-state index contributed by atoms with van der Waals surface area (Å²) in [7, 11) is 0. The second-order valence-electron chi connectivity index (χ2n) is 9.99. The van der Waals surface area contributed by atoms with E-state index in [0.29, 0.717) is 35.5 Å². The van der Waals surface area contributed by atoms with Gasteiger partial charge in [-0.15, -0.1) is 0 Å². The van der Waals surface area contributed by atoms with Gasteiger partial charge in [-0.1, -0.05) is 19.1 Å². The summed E-state index contributed by atoms with van der Waals surface area (Å²) < 4.78 is 42.0. The molecule has 0 unspecified atom stereocenters. The molecule has 1 fully saturated rings. The fourth-order valence-corrected chi connectivity index (χ4v) is 4.87. The van der Waals surface area contributed by atoms with Crippen molar-refractivity contribution in [2.75, 3.05) is 43.4 Å². The monoisotopic (exact) mass is 565 g/mol. The number of halogens is 3. The molecule has 4 aromatic rings. The predicted octanol–water partition coefficient (Wildman–Crippen LogP) is 4.93. The number of rotatable bonds is 7. The van der Waals surface area contributed by atoms with Gasteiger partial charge in [-0.25, -0.2) is 4.98 Å². The Kier molecular flexibility index (Phi) is 8.04. The van der Waals surface area contributed by atoms with Crippen molar-refractivity contribution in [3.8, 4) is 0 Å². The molecule has 0 bridgehead atoms. The number of aryl methyl sites for hydroxylation is 1. The number of benzene rings is 2. The van der Waals surface area contributed by atoms with Crippen LogP contribution >= 0.6 is 0 Å². The van der Waals surface area contributed by atoms with Crippen LogP contribution in [-0.2, 0) is 12.7 Å². The molecule has 3 N–H and O–H groups in total. The van der Waals surface area contributed by atoms with E-state index in [1.54, 1.807) is 43.5 Å². The van der Waals surface area contributed by atoms with E-state index in [0.717, 1.165) is 31.3 Å². The van der Waals surface area contributed by atoms with Gasteiger partial charge >= 0.3 is 6.18 Å². The van der Waals surface area contributed by atoms with Crippen molar-refractivity contribution in [2.45, 2.75) is 26.6 Å². The molecule has 12 heteroatoms. The predicted molar refractivity (Wildman–Crippen MR) is 150 cm³/mol. The minimum absolute atomic E-state index is 0.112. The number of aromatic amines is 1. The maximum atomic E-state index is 14.0. The van der Waals surface area contributed by atoms with Crippen LogP contribution < -0.4 is 10.6 Å². The summed E-state index contributed by atoms with van der Waals surface area (Å²) >= 11 is 0. The molecule has 0 radical (unpaired) electrons. The number of amides is 2. The normalized spacial score (nSPS) is 14.8. The van der Waals surface area contributed by atoms with E-state index in [1.807, 2.05) is 4.90 Å². The van der Waals surface area contributed by atoms with Crippen LogP contribution in [0.4, 0.5) is 24.5 Å². The largest absolute Gasteiger partial charge is 0.416 e. The lowest BCUT2D eigenvalue weighted by atomic mass is 10.0. The van der Waals surface area contributed by atoms with Crippen LogP contribution in [0.15, 0.2) is 54.7 Å². The Balaban J connectivity index is 1.31. The number of anilines is 2. The summed E-state index contributed by atoms with van der Waals surface area (Å²) in [6.07, 6.45) is -3.04. The van der Waals surface area contributed by atoms with Crippen LogP contribution in [0.5, 0.6) is 0 Å². The van der Waals surface area contributed by atoms with Crippen molar-refractivity contribution in [1.29, 1.82) is 0 Å². The van der Waals surface area contributed by atoms with E-state index in [4.69, 9.17) is 0 Å². The molecule has 2 amide bonds. The molecular formula is C29H30F3N7O2. The SMILES string of the molecule is CCN1CCN(Cc2ccc(C(=O)Nc3ccc(C)c(NC(=O)c4[nH]nc5ncccc45)c3)cc2C(F)(F)F)CC1. The van der Waals surface area contributed by atoms with E-state index in [2.05, 4.69) is 37.6 Å². The second-order valence-corrected chi connectivity index (χ2v) is 9.99. The number of piperazine rings is 1. The summed E-state index contributed by atoms with van der Waals surface area (Å²) in [5, 5.41) is 12.7. The van der Waals surface area contributed by atoms with Gasteiger partial charge in [-0.05, 0) is 61.0 Å². The zero-order valence-corrected chi connectivity index (χ0v) is 22.7. The number of nitrogens with one attached hydrogen (secondary N) is 3. The number of carbonyl (C=O) groups is 2. The van der Waals surface area contributed by atoms with Gasteiger partial charge < -0.3 is 15.5 Å². The molecule has 2 aromatic heterocycles. The lowest BCUT2D eigenvalue weighted by Crippen LogP contribution is -2.45. The molecule has 1 aliphatic heterocycles. The van der Waals surface area contributed by atoms with Crippen molar-refractivity contribution < 1.29 is 22.8 Å². The van der Waals surface area contributed by atoms with Crippen molar-refractivity contribution in [3.05, 3.63) is 82.7 Å². The highest BCUT2D eigenvalue weighted by atomic mass is 19.4. The van der Waals surface area contributed by atoms with Crippen LogP contribution in [0, 0.1) is 6.92 Å². The molecule has 0 spiro atoms. The Morgan fingerprint density at radius 3 is 2.46 bits per heavy atom. The van der Waals surface area contributed by atoms with Crippen LogP contribution in [0.2, 0.25) is 0 Å². The van der Waals surface area contributed by atoms with Crippen LogP contribution in [-0.4, -0.2) is 69.5 Å². The summed E-state index contributed by atoms with van der Waals surface area (Å²) in [5.74, 6) is -1.14.